The smallest absolute Gasteiger partial charge is 0.257 e. The van der Waals surface area contributed by atoms with Gasteiger partial charge in [0.2, 0.25) is 0 Å². The molecule has 4 rings (SSSR count). The first-order valence-corrected chi connectivity index (χ1v) is 9.56. The number of ether oxygens (including phenoxy) is 2. The number of rotatable bonds is 6. The van der Waals surface area contributed by atoms with Gasteiger partial charge in [-0.1, -0.05) is 6.92 Å². The molecule has 0 fully saturated rings. The average Bonchev–Trinajstić information content (AvgIpc) is 2.77. The van der Waals surface area contributed by atoms with Gasteiger partial charge >= 0.3 is 0 Å². The van der Waals surface area contributed by atoms with E-state index in [0.717, 1.165) is 34.2 Å². The summed E-state index contributed by atoms with van der Waals surface area (Å²) in [7, 11) is 3.93. The fourth-order valence-electron chi connectivity index (χ4n) is 3.14. The molecule has 0 radical (unpaired) electrons. The van der Waals surface area contributed by atoms with Crippen molar-refractivity contribution in [3.8, 4) is 22.9 Å². The van der Waals surface area contributed by atoms with Crippen molar-refractivity contribution in [2.75, 3.05) is 44.1 Å². The molecule has 0 amide bonds. The van der Waals surface area contributed by atoms with Gasteiger partial charge < -0.3 is 19.7 Å². The number of hydrogen-bond acceptors (Lipinski definition) is 8. The van der Waals surface area contributed by atoms with Crippen LogP contribution in [0.5, 0.6) is 11.6 Å². The first-order valence-electron chi connectivity index (χ1n) is 9.56. The molecule has 0 saturated heterocycles. The molecule has 0 saturated carbocycles. The first-order chi connectivity index (χ1) is 14.1. The zero-order valence-electron chi connectivity index (χ0n) is 16.8. The zero-order chi connectivity index (χ0) is 20.2. The Labute approximate surface area is 170 Å². The SMILES string of the molecule is C[C@H](CNc1cc(-c2ccc(N(C)C)nc2)ncn1)c1ccnc2c1OCCO2. The van der Waals surface area contributed by atoms with Gasteiger partial charge in [-0.25, -0.2) is 19.9 Å². The minimum Gasteiger partial charge on any atom is -0.484 e. The summed E-state index contributed by atoms with van der Waals surface area (Å²) in [5, 5.41) is 3.39. The molecule has 0 bridgehead atoms. The largest absolute Gasteiger partial charge is 0.484 e. The maximum absolute atomic E-state index is 5.78. The van der Waals surface area contributed by atoms with E-state index in [2.05, 4.69) is 32.2 Å². The van der Waals surface area contributed by atoms with Crippen LogP contribution < -0.4 is 19.7 Å². The Balaban J connectivity index is 1.46. The Bertz CT molecular complexity index is 977. The summed E-state index contributed by atoms with van der Waals surface area (Å²) in [5.41, 5.74) is 2.84. The lowest BCUT2D eigenvalue weighted by molar-refractivity contribution is 0.162. The lowest BCUT2D eigenvalue weighted by atomic mass is 10.0. The van der Waals surface area contributed by atoms with E-state index in [-0.39, 0.29) is 5.92 Å². The molecular weight excluding hydrogens is 368 g/mol. The number of anilines is 2. The van der Waals surface area contributed by atoms with Crippen LogP contribution in [-0.4, -0.2) is 53.8 Å². The molecule has 8 heteroatoms. The second-order valence-corrected chi connectivity index (χ2v) is 7.10. The zero-order valence-corrected chi connectivity index (χ0v) is 16.8. The van der Waals surface area contributed by atoms with E-state index in [0.29, 0.717) is 25.6 Å². The molecular formula is C21H24N6O2. The van der Waals surface area contributed by atoms with Gasteiger partial charge in [-0.05, 0) is 18.2 Å². The van der Waals surface area contributed by atoms with E-state index >= 15 is 0 Å². The van der Waals surface area contributed by atoms with Crippen LogP contribution in [0.25, 0.3) is 11.3 Å². The molecule has 0 aromatic carbocycles. The molecule has 0 aliphatic carbocycles. The van der Waals surface area contributed by atoms with Crippen LogP contribution in [0.3, 0.4) is 0 Å². The third kappa shape index (κ3) is 4.21. The standard InChI is InChI=1S/C21H24N6O2/c1-14(16-6-7-22-21-20(16)28-8-9-29-21)11-23-18-10-17(25-13-26-18)15-4-5-19(24-12-15)27(2)3/h4-7,10,12-14H,8-9,11H2,1-3H3,(H,23,25,26)/t14-/m1/s1. The van der Waals surface area contributed by atoms with Crippen molar-refractivity contribution in [3.05, 3.63) is 48.5 Å². The number of fused-ring (bicyclic) bond motifs is 1. The third-order valence-corrected chi connectivity index (χ3v) is 4.76. The number of nitrogens with one attached hydrogen (secondary N) is 1. The van der Waals surface area contributed by atoms with Crippen molar-refractivity contribution >= 4 is 11.6 Å². The van der Waals surface area contributed by atoms with Gasteiger partial charge in [-0.15, -0.1) is 0 Å². The molecule has 4 heterocycles. The molecule has 1 aliphatic rings. The second-order valence-electron chi connectivity index (χ2n) is 7.10. The topological polar surface area (TPSA) is 85.3 Å². The molecule has 3 aromatic heterocycles. The Hall–Kier alpha value is -3.42. The summed E-state index contributed by atoms with van der Waals surface area (Å²) >= 11 is 0. The van der Waals surface area contributed by atoms with Crippen molar-refractivity contribution in [1.29, 1.82) is 0 Å². The maximum atomic E-state index is 5.78. The van der Waals surface area contributed by atoms with E-state index in [9.17, 15) is 0 Å². The minimum absolute atomic E-state index is 0.188. The van der Waals surface area contributed by atoms with Crippen LogP contribution in [-0.2, 0) is 0 Å². The van der Waals surface area contributed by atoms with Crippen LogP contribution in [0.1, 0.15) is 18.4 Å². The van der Waals surface area contributed by atoms with Gasteiger partial charge in [0.25, 0.3) is 5.88 Å². The van der Waals surface area contributed by atoms with Crippen molar-refractivity contribution in [2.24, 2.45) is 0 Å². The van der Waals surface area contributed by atoms with Gasteiger partial charge in [-0.3, -0.25) is 0 Å². The lowest BCUT2D eigenvalue weighted by Crippen LogP contribution is -2.19. The minimum atomic E-state index is 0.188. The Morgan fingerprint density at radius 3 is 2.72 bits per heavy atom. The van der Waals surface area contributed by atoms with Gasteiger partial charge in [0, 0.05) is 56.1 Å². The number of aromatic nitrogens is 4. The van der Waals surface area contributed by atoms with E-state index in [4.69, 9.17) is 9.47 Å². The fourth-order valence-corrected chi connectivity index (χ4v) is 3.14. The number of hydrogen-bond donors (Lipinski definition) is 1. The lowest BCUT2D eigenvalue weighted by Gasteiger charge is -2.22. The number of pyridine rings is 2. The van der Waals surface area contributed by atoms with Crippen molar-refractivity contribution in [2.45, 2.75) is 12.8 Å². The highest BCUT2D eigenvalue weighted by molar-refractivity contribution is 5.62. The van der Waals surface area contributed by atoms with Crippen molar-refractivity contribution in [1.82, 2.24) is 19.9 Å². The van der Waals surface area contributed by atoms with Gasteiger partial charge in [-0.2, -0.15) is 0 Å². The summed E-state index contributed by atoms with van der Waals surface area (Å²) in [6, 6.07) is 7.89. The molecule has 1 atom stereocenters. The molecule has 150 valence electrons. The van der Waals surface area contributed by atoms with Gasteiger partial charge in [0.1, 0.15) is 31.2 Å². The van der Waals surface area contributed by atoms with Crippen LogP contribution in [0, 0.1) is 0 Å². The van der Waals surface area contributed by atoms with Crippen molar-refractivity contribution < 1.29 is 9.47 Å². The third-order valence-electron chi connectivity index (χ3n) is 4.76. The highest BCUT2D eigenvalue weighted by Gasteiger charge is 2.20. The van der Waals surface area contributed by atoms with E-state index < -0.39 is 0 Å². The van der Waals surface area contributed by atoms with E-state index in [1.165, 1.54) is 0 Å². The Morgan fingerprint density at radius 2 is 1.93 bits per heavy atom. The highest BCUT2D eigenvalue weighted by Crippen LogP contribution is 2.35. The molecule has 1 aliphatic heterocycles. The number of nitrogens with zero attached hydrogens (tertiary/aromatic N) is 5. The monoisotopic (exact) mass is 392 g/mol. The van der Waals surface area contributed by atoms with E-state index in [1.54, 1.807) is 12.5 Å². The summed E-state index contributed by atoms with van der Waals surface area (Å²) < 4.78 is 11.4. The molecule has 3 aromatic rings. The van der Waals surface area contributed by atoms with E-state index in [1.807, 2.05) is 49.5 Å². The molecule has 8 nitrogen and oxygen atoms in total. The van der Waals surface area contributed by atoms with Gasteiger partial charge in [0.15, 0.2) is 5.75 Å². The summed E-state index contributed by atoms with van der Waals surface area (Å²) in [6.07, 6.45) is 5.14. The first kappa shape index (κ1) is 18.9. The average molecular weight is 392 g/mol. The normalized spacial score (nSPS) is 13.6. The highest BCUT2D eigenvalue weighted by atomic mass is 16.6. The summed E-state index contributed by atoms with van der Waals surface area (Å²) in [4.78, 5) is 19.4. The summed E-state index contributed by atoms with van der Waals surface area (Å²) in [6.45, 7) is 3.90. The quantitative estimate of drug-likeness (QED) is 0.685. The molecule has 29 heavy (non-hydrogen) atoms. The molecule has 0 unspecified atom stereocenters. The maximum Gasteiger partial charge on any atom is 0.257 e. The van der Waals surface area contributed by atoms with Gasteiger partial charge in [0.05, 0.1) is 5.69 Å². The Morgan fingerprint density at radius 1 is 1.07 bits per heavy atom. The second kappa shape index (κ2) is 8.30. The van der Waals surface area contributed by atoms with Crippen molar-refractivity contribution in [3.63, 3.8) is 0 Å². The predicted molar refractivity (Wildman–Crippen MR) is 112 cm³/mol. The predicted octanol–water partition coefficient (Wildman–Crippen LogP) is 2.99. The van der Waals surface area contributed by atoms with Crippen LogP contribution in [0.4, 0.5) is 11.6 Å². The fraction of sp³-hybridized carbons (Fsp3) is 0.333. The molecule has 1 N–H and O–H groups in total. The summed E-state index contributed by atoms with van der Waals surface area (Å²) in [5.74, 6) is 3.16. The van der Waals surface area contributed by atoms with Crippen LogP contribution >= 0.6 is 0 Å². The van der Waals surface area contributed by atoms with Crippen LogP contribution in [0.15, 0.2) is 43.0 Å². The Kier molecular flexibility index (Phi) is 5.41. The molecule has 0 spiro atoms. The van der Waals surface area contributed by atoms with Crippen LogP contribution in [0.2, 0.25) is 0 Å².